The van der Waals surface area contributed by atoms with Crippen LogP contribution in [0.5, 0.6) is 5.75 Å². The Morgan fingerprint density at radius 1 is 1.10 bits per heavy atom. The number of rotatable bonds is 3. The summed E-state index contributed by atoms with van der Waals surface area (Å²) in [6.07, 6.45) is 0. The summed E-state index contributed by atoms with van der Waals surface area (Å²) in [5, 5.41) is 0.632. The Balaban J connectivity index is 2.55. The zero-order valence-corrected chi connectivity index (χ0v) is 14.0. The van der Waals surface area contributed by atoms with E-state index in [0.717, 1.165) is 21.3 Å². The van der Waals surface area contributed by atoms with E-state index in [4.69, 9.17) is 22.1 Å². The second kappa shape index (κ2) is 6.17. The van der Waals surface area contributed by atoms with Crippen molar-refractivity contribution in [3.05, 3.63) is 62.1 Å². The monoisotopic (exact) mass is 353 g/mol. The molecule has 0 spiro atoms. The Labute approximate surface area is 133 Å². The van der Waals surface area contributed by atoms with Gasteiger partial charge >= 0.3 is 0 Å². The number of ether oxygens (including phenoxy) is 1. The maximum absolute atomic E-state index is 6.41. The van der Waals surface area contributed by atoms with Gasteiger partial charge in [-0.15, -0.1) is 0 Å². The van der Waals surface area contributed by atoms with Crippen molar-refractivity contribution in [2.45, 2.75) is 19.9 Å². The summed E-state index contributed by atoms with van der Waals surface area (Å²) >= 11 is 9.59. The summed E-state index contributed by atoms with van der Waals surface area (Å²) in [6.45, 7) is 4.13. The van der Waals surface area contributed by atoms with Crippen molar-refractivity contribution in [3.8, 4) is 5.75 Å². The highest BCUT2D eigenvalue weighted by molar-refractivity contribution is 9.10. The van der Waals surface area contributed by atoms with Crippen LogP contribution >= 0.6 is 27.5 Å². The summed E-state index contributed by atoms with van der Waals surface area (Å²) < 4.78 is 6.26. The Hall–Kier alpha value is -1.03. The lowest BCUT2D eigenvalue weighted by atomic mass is 9.96. The van der Waals surface area contributed by atoms with E-state index in [-0.39, 0.29) is 6.04 Å². The number of aryl methyl sites for hydroxylation is 2. The molecule has 0 bridgehead atoms. The summed E-state index contributed by atoms with van der Waals surface area (Å²) in [6, 6.07) is 9.68. The second-order valence-corrected chi connectivity index (χ2v) is 6.20. The minimum absolute atomic E-state index is 0.279. The first-order valence-electron chi connectivity index (χ1n) is 6.29. The second-order valence-electron chi connectivity index (χ2n) is 4.91. The predicted molar refractivity (Wildman–Crippen MR) is 87.7 cm³/mol. The van der Waals surface area contributed by atoms with Gasteiger partial charge in [0.25, 0.3) is 0 Å². The van der Waals surface area contributed by atoms with Crippen LogP contribution in [0.1, 0.15) is 28.3 Å². The van der Waals surface area contributed by atoms with Crippen molar-refractivity contribution in [2.75, 3.05) is 7.11 Å². The van der Waals surface area contributed by atoms with E-state index in [1.54, 1.807) is 13.2 Å². The van der Waals surface area contributed by atoms with Gasteiger partial charge < -0.3 is 10.5 Å². The Morgan fingerprint density at radius 2 is 1.70 bits per heavy atom. The highest BCUT2D eigenvalue weighted by Crippen LogP contribution is 2.37. The van der Waals surface area contributed by atoms with Crippen LogP contribution in [0.25, 0.3) is 0 Å². The first-order chi connectivity index (χ1) is 9.42. The number of hydrogen-bond acceptors (Lipinski definition) is 2. The maximum atomic E-state index is 6.41. The fraction of sp³-hybridized carbons (Fsp3) is 0.250. The summed E-state index contributed by atoms with van der Waals surface area (Å²) in [7, 11) is 1.63. The van der Waals surface area contributed by atoms with Gasteiger partial charge in [0.2, 0.25) is 0 Å². The first-order valence-corrected chi connectivity index (χ1v) is 7.46. The van der Waals surface area contributed by atoms with Crippen LogP contribution in [0.3, 0.4) is 0 Å². The van der Waals surface area contributed by atoms with Crippen molar-refractivity contribution in [2.24, 2.45) is 5.73 Å². The molecule has 0 aliphatic heterocycles. The lowest BCUT2D eigenvalue weighted by molar-refractivity contribution is 0.405. The van der Waals surface area contributed by atoms with Gasteiger partial charge in [0.15, 0.2) is 0 Å². The molecule has 0 aliphatic rings. The van der Waals surface area contributed by atoms with E-state index in [9.17, 15) is 0 Å². The van der Waals surface area contributed by atoms with Crippen LogP contribution < -0.4 is 10.5 Å². The van der Waals surface area contributed by atoms with Crippen molar-refractivity contribution in [1.29, 1.82) is 0 Å². The molecule has 0 radical (unpaired) electrons. The molecule has 0 fully saturated rings. The van der Waals surface area contributed by atoms with Crippen LogP contribution in [0.4, 0.5) is 0 Å². The average Bonchev–Trinajstić information content (AvgIpc) is 2.35. The van der Waals surface area contributed by atoms with Crippen LogP contribution in [-0.2, 0) is 0 Å². The average molecular weight is 355 g/mol. The zero-order valence-electron chi connectivity index (χ0n) is 11.7. The van der Waals surface area contributed by atoms with E-state index in [1.165, 1.54) is 11.1 Å². The SMILES string of the molecule is COc1c(Br)cc(Cl)cc1C(N)c1cc(C)cc(C)c1. The smallest absolute Gasteiger partial charge is 0.138 e. The number of hydrogen-bond donors (Lipinski definition) is 1. The maximum Gasteiger partial charge on any atom is 0.138 e. The molecule has 0 heterocycles. The molecule has 20 heavy (non-hydrogen) atoms. The molecule has 0 aliphatic carbocycles. The normalized spacial score (nSPS) is 12.3. The molecular weight excluding hydrogens is 338 g/mol. The molecular formula is C16H17BrClNO. The lowest BCUT2D eigenvalue weighted by Gasteiger charge is -2.19. The molecule has 106 valence electrons. The molecule has 2 N–H and O–H groups in total. The Kier molecular flexibility index (Phi) is 4.74. The number of benzene rings is 2. The topological polar surface area (TPSA) is 35.2 Å². The van der Waals surface area contributed by atoms with Gasteiger partial charge in [0.05, 0.1) is 17.6 Å². The highest BCUT2D eigenvalue weighted by atomic mass is 79.9. The number of methoxy groups -OCH3 is 1. The van der Waals surface area contributed by atoms with Gasteiger partial charge in [-0.3, -0.25) is 0 Å². The third-order valence-corrected chi connectivity index (χ3v) is 3.99. The van der Waals surface area contributed by atoms with Crippen molar-refractivity contribution < 1.29 is 4.74 Å². The molecule has 2 aromatic rings. The minimum atomic E-state index is -0.279. The minimum Gasteiger partial charge on any atom is -0.495 e. The Morgan fingerprint density at radius 3 is 2.25 bits per heavy atom. The largest absolute Gasteiger partial charge is 0.495 e. The van der Waals surface area contributed by atoms with Crippen molar-refractivity contribution in [3.63, 3.8) is 0 Å². The van der Waals surface area contributed by atoms with Crippen LogP contribution in [-0.4, -0.2) is 7.11 Å². The van der Waals surface area contributed by atoms with E-state index < -0.39 is 0 Å². The molecule has 0 saturated carbocycles. The third-order valence-electron chi connectivity index (χ3n) is 3.18. The van der Waals surface area contributed by atoms with E-state index in [2.05, 4.69) is 48.0 Å². The molecule has 0 aromatic heterocycles. The molecule has 4 heteroatoms. The van der Waals surface area contributed by atoms with Gasteiger partial charge in [-0.25, -0.2) is 0 Å². The van der Waals surface area contributed by atoms with Crippen LogP contribution in [0.15, 0.2) is 34.8 Å². The number of nitrogens with two attached hydrogens (primary N) is 1. The van der Waals surface area contributed by atoms with Gasteiger partial charge in [-0.2, -0.15) is 0 Å². The van der Waals surface area contributed by atoms with E-state index >= 15 is 0 Å². The molecule has 1 unspecified atom stereocenters. The van der Waals surface area contributed by atoms with E-state index in [1.807, 2.05) is 6.07 Å². The van der Waals surface area contributed by atoms with Gasteiger partial charge in [-0.1, -0.05) is 40.9 Å². The third kappa shape index (κ3) is 3.17. The van der Waals surface area contributed by atoms with Crippen LogP contribution in [0, 0.1) is 13.8 Å². The van der Waals surface area contributed by atoms with Gasteiger partial charge in [-0.05, 0) is 47.5 Å². The molecule has 2 nitrogen and oxygen atoms in total. The summed E-state index contributed by atoms with van der Waals surface area (Å²) in [4.78, 5) is 0. The van der Waals surface area contributed by atoms with Crippen LogP contribution in [0.2, 0.25) is 5.02 Å². The Bertz CT molecular complexity index is 622. The molecule has 1 atom stereocenters. The van der Waals surface area contributed by atoms with Crippen molar-refractivity contribution >= 4 is 27.5 Å². The highest BCUT2D eigenvalue weighted by Gasteiger charge is 2.18. The summed E-state index contributed by atoms with van der Waals surface area (Å²) in [5.74, 6) is 0.723. The fourth-order valence-electron chi connectivity index (χ4n) is 2.40. The molecule has 0 saturated heterocycles. The first kappa shape index (κ1) is 15.4. The standard InChI is InChI=1S/C16H17BrClNO/c1-9-4-10(2)6-11(5-9)15(19)13-7-12(18)8-14(17)16(13)20-3/h4-8,15H,19H2,1-3H3. The van der Waals surface area contributed by atoms with Gasteiger partial charge in [0, 0.05) is 10.6 Å². The quantitative estimate of drug-likeness (QED) is 0.861. The predicted octanol–water partition coefficient (Wildman–Crippen LogP) is 4.78. The number of halogens is 2. The van der Waals surface area contributed by atoms with E-state index in [0.29, 0.717) is 5.02 Å². The molecule has 2 aromatic carbocycles. The molecule has 0 amide bonds. The fourth-order valence-corrected chi connectivity index (χ4v) is 3.39. The van der Waals surface area contributed by atoms with Crippen molar-refractivity contribution in [1.82, 2.24) is 0 Å². The van der Waals surface area contributed by atoms with Gasteiger partial charge in [0.1, 0.15) is 5.75 Å². The summed E-state index contributed by atoms with van der Waals surface area (Å²) in [5.41, 5.74) is 10.7. The molecule has 2 rings (SSSR count). The zero-order chi connectivity index (χ0) is 14.9. The lowest BCUT2D eigenvalue weighted by Crippen LogP contribution is -2.14.